The van der Waals surface area contributed by atoms with Gasteiger partial charge in [-0.3, -0.25) is 4.79 Å². The molecule has 0 aliphatic heterocycles. The van der Waals surface area contributed by atoms with Crippen molar-refractivity contribution < 1.29 is 27.5 Å². The number of esters is 1. The van der Waals surface area contributed by atoms with Crippen LogP contribution in [0, 0.1) is 0 Å². The van der Waals surface area contributed by atoms with Gasteiger partial charge in [0.15, 0.2) is 0 Å². The number of carbonyl (C=O) groups is 2. The highest BCUT2D eigenvalue weighted by Crippen LogP contribution is 2.34. The Morgan fingerprint density at radius 1 is 1.22 bits per heavy atom. The summed E-state index contributed by atoms with van der Waals surface area (Å²) < 4.78 is 43.5. The molecule has 0 spiro atoms. The van der Waals surface area contributed by atoms with Gasteiger partial charge in [0.05, 0.1) is 12.2 Å². The number of nitrogens with one attached hydrogen (secondary N) is 2. The number of aromatic nitrogens is 1. The average Bonchev–Trinajstić information content (AvgIpc) is 2.92. The van der Waals surface area contributed by atoms with E-state index in [1.165, 1.54) is 19.1 Å². The maximum Gasteiger partial charge on any atom is 0.418 e. The SMILES string of the molecule is CCOC(=O)c1[nH]c(NC(=O)c2ccccc2)cc1C(F)(F)F. The van der Waals surface area contributed by atoms with Crippen molar-refractivity contribution in [2.24, 2.45) is 0 Å². The molecule has 2 aromatic rings. The lowest BCUT2D eigenvalue weighted by Gasteiger charge is -2.06. The van der Waals surface area contributed by atoms with Gasteiger partial charge in [0.25, 0.3) is 5.91 Å². The average molecular weight is 326 g/mol. The maximum absolute atomic E-state index is 13.0. The molecule has 1 aromatic carbocycles. The van der Waals surface area contributed by atoms with Crippen molar-refractivity contribution in [3.63, 3.8) is 0 Å². The number of hydrogen-bond acceptors (Lipinski definition) is 3. The van der Waals surface area contributed by atoms with Crippen LogP contribution in [0.1, 0.15) is 33.3 Å². The van der Waals surface area contributed by atoms with E-state index >= 15 is 0 Å². The van der Waals surface area contributed by atoms with Gasteiger partial charge < -0.3 is 15.0 Å². The van der Waals surface area contributed by atoms with E-state index in [9.17, 15) is 22.8 Å². The predicted molar refractivity (Wildman–Crippen MR) is 76.1 cm³/mol. The van der Waals surface area contributed by atoms with Gasteiger partial charge in [-0.1, -0.05) is 18.2 Å². The molecule has 0 aliphatic rings. The monoisotopic (exact) mass is 326 g/mol. The van der Waals surface area contributed by atoms with Gasteiger partial charge in [0, 0.05) is 5.56 Å². The third kappa shape index (κ3) is 3.91. The van der Waals surface area contributed by atoms with Crippen LogP contribution in [-0.4, -0.2) is 23.5 Å². The van der Waals surface area contributed by atoms with Gasteiger partial charge in [-0.05, 0) is 25.1 Å². The summed E-state index contributed by atoms with van der Waals surface area (Å²) in [5.41, 5.74) is -1.67. The molecule has 2 rings (SSSR count). The molecule has 122 valence electrons. The van der Waals surface area contributed by atoms with E-state index in [-0.39, 0.29) is 18.0 Å². The highest BCUT2D eigenvalue weighted by molar-refractivity contribution is 6.04. The number of anilines is 1. The number of rotatable bonds is 4. The Morgan fingerprint density at radius 3 is 2.43 bits per heavy atom. The molecule has 1 heterocycles. The number of amides is 1. The van der Waals surface area contributed by atoms with E-state index < -0.39 is 29.3 Å². The van der Waals surface area contributed by atoms with Gasteiger partial charge in [-0.25, -0.2) is 4.79 Å². The van der Waals surface area contributed by atoms with Crippen LogP contribution in [-0.2, 0) is 10.9 Å². The van der Waals surface area contributed by atoms with E-state index in [0.717, 1.165) is 0 Å². The molecule has 0 atom stereocenters. The first-order valence-corrected chi connectivity index (χ1v) is 6.66. The Kier molecular flexibility index (Phi) is 4.73. The molecular formula is C15H13F3N2O3. The van der Waals surface area contributed by atoms with Crippen LogP contribution in [0.4, 0.5) is 19.0 Å². The zero-order chi connectivity index (χ0) is 17.0. The predicted octanol–water partition coefficient (Wildman–Crippen LogP) is 3.46. The molecule has 0 bridgehead atoms. The van der Waals surface area contributed by atoms with Gasteiger partial charge in [-0.15, -0.1) is 0 Å². The summed E-state index contributed by atoms with van der Waals surface area (Å²) in [7, 11) is 0. The number of benzene rings is 1. The second-order valence-electron chi connectivity index (χ2n) is 4.51. The van der Waals surface area contributed by atoms with Crippen molar-refractivity contribution in [3.8, 4) is 0 Å². The summed E-state index contributed by atoms with van der Waals surface area (Å²) in [6.07, 6.45) is -4.76. The zero-order valence-corrected chi connectivity index (χ0v) is 12.0. The maximum atomic E-state index is 13.0. The lowest BCUT2D eigenvalue weighted by molar-refractivity contribution is -0.138. The first-order valence-electron chi connectivity index (χ1n) is 6.66. The number of carbonyl (C=O) groups excluding carboxylic acids is 2. The summed E-state index contributed by atoms with van der Waals surface area (Å²) in [6.45, 7) is 1.41. The second kappa shape index (κ2) is 6.55. The fourth-order valence-electron chi connectivity index (χ4n) is 1.89. The van der Waals surface area contributed by atoms with Crippen molar-refractivity contribution in [2.75, 3.05) is 11.9 Å². The molecule has 1 amide bonds. The highest BCUT2D eigenvalue weighted by Gasteiger charge is 2.38. The van der Waals surface area contributed by atoms with Crippen molar-refractivity contribution in [3.05, 3.63) is 53.2 Å². The van der Waals surface area contributed by atoms with Gasteiger partial charge in [0.1, 0.15) is 11.5 Å². The van der Waals surface area contributed by atoms with E-state index in [2.05, 4.69) is 15.0 Å². The first-order chi connectivity index (χ1) is 10.8. The molecular weight excluding hydrogens is 313 g/mol. The number of alkyl halides is 3. The van der Waals surface area contributed by atoms with E-state index in [1.807, 2.05) is 0 Å². The van der Waals surface area contributed by atoms with Crippen molar-refractivity contribution >= 4 is 17.7 Å². The summed E-state index contributed by atoms with van der Waals surface area (Å²) in [4.78, 5) is 25.8. The Balaban J connectivity index is 2.30. The lowest BCUT2D eigenvalue weighted by Crippen LogP contribution is -2.14. The molecule has 0 radical (unpaired) electrons. The fourth-order valence-corrected chi connectivity index (χ4v) is 1.89. The van der Waals surface area contributed by atoms with Crippen LogP contribution in [0.25, 0.3) is 0 Å². The van der Waals surface area contributed by atoms with E-state index in [1.54, 1.807) is 18.2 Å². The van der Waals surface area contributed by atoms with E-state index in [4.69, 9.17) is 0 Å². The minimum atomic E-state index is -4.76. The van der Waals surface area contributed by atoms with Crippen LogP contribution >= 0.6 is 0 Å². The van der Waals surface area contributed by atoms with Crippen molar-refractivity contribution in [2.45, 2.75) is 13.1 Å². The topological polar surface area (TPSA) is 71.2 Å². The fraction of sp³-hybridized carbons (Fsp3) is 0.200. The molecule has 8 heteroatoms. The molecule has 23 heavy (non-hydrogen) atoms. The molecule has 0 fully saturated rings. The largest absolute Gasteiger partial charge is 0.461 e. The number of halogens is 3. The molecule has 5 nitrogen and oxygen atoms in total. The van der Waals surface area contributed by atoms with Crippen molar-refractivity contribution in [1.82, 2.24) is 4.98 Å². The number of ether oxygens (including phenoxy) is 1. The molecule has 0 unspecified atom stereocenters. The summed E-state index contributed by atoms with van der Waals surface area (Å²) in [6, 6.07) is 8.62. The zero-order valence-electron chi connectivity index (χ0n) is 12.0. The second-order valence-corrected chi connectivity index (χ2v) is 4.51. The van der Waals surface area contributed by atoms with Crippen molar-refractivity contribution in [1.29, 1.82) is 0 Å². The minimum absolute atomic E-state index is 0.0686. The third-order valence-electron chi connectivity index (χ3n) is 2.89. The Morgan fingerprint density at radius 2 is 1.87 bits per heavy atom. The summed E-state index contributed by atoms with van der Waals surface area (Å²) >= 11 is 0. The van der Waals surface area contributed by atoms with Gasteiger partial charge in [0.2, 0.25) is 0 Å². The number of H-pyrrole nitrogens is 1. The van der Waals surface area contributed by atoms with Crippen LogP contribution in [0.3, 0.4) is 0 Å². The third-order valence-corrected chi connectivity index (χ3v) is 2.89. The van der Waals surface area contributed by atoms with Crippen LogP contribution in [0.5, 0.6) is 0 Å². The quantitative estimate of drug-likeness (QED) is 0.845. The van der Waals surface area contributed by atoms with E-state index in [0.29, 0.717) is 6.07 Å². The summed E-state index contributed by atoms with van der Waals surface area (Å²) in [5, 5.41) is 2.29. The minimum Gasteiger partial charge on any atom is -0.461 e. The Hall–Kier alpha value is -2.77. The molecule has 0 saturated carbocycles. The molecule has 0 saturated heterocycles. The normalized spacial score (nSPS) is 11.1. The smallest absolute Gasteiger partial charge is 0.418 e. The van der Waals surface area contributed by atoms with Gasteiger partial charge in [-0.2, -0.15) is 13.2 Å². The lowest BCUT2D eigenvalue weighted by atomic mass is 10.2. The number of aromatic amines is 1. The first kappa shape index (κ1) is 16.6. The highest BCUT2D eigenvalue weighted by atomic mass is 19.4. The van der Waals surface area contributed by atoms with Crippen LogP contribution in [0.15, 0.2) is 36.4 Å². The molecule has 2 N–H and O–H groups in total. The summed E-state index contributed by atoms with van der Waals surface area (Å²) in [5.74, 6) is -1.98. The van der Waals surface area contributed by atoms with Crippen LogP contribution in [0.2, 0.25) is 0 Å². The van der Waals surface area contributed by atoms with Crippen LogP contribution < -0.4 is 5.32 Å². The molecule has 1 aromatic heterocycles. The molecule has 0 aliphatic carbocycles. The van der Waals surface area contributed by atoms with Gasteiger partial charge >= 0.3 is 12.1 Å². The Labute approximate surface area is 129 Å². The standard InChI is InChI=1S/C15H13F3N2O3/c1-2-23-14(22)12-10(15(16,17)18)8-11(19-12)20-13(21)9-6-4-3-5-7-9/h3-8,19H,2H2,1H3,(H,20,21). The number of hydrogen-bond donors (Lipinski definition) is 2. The Bertz CT molecular complexity index is 709.